The summed E-state index contributed by atoms with van der Waals surface area (Å²) in [6.45, 7) is 1.95. The molecule has 1 N–H and O–H groups in total. The van der Waals surface area contributed by atoms with E-state index in [4.69, 9.17) is 12.2 Å². The molecule has 0 radical (unpaired) electrons. The third-order valence-electron chi connectivity index (χ3n) is 1.86. The van der Waals surface area contributed by atoms with E-state index >= 15 is 0 Å². The van der Waals surface area contributed by atoms with Crippen LogP contribution >= 0.6 is 12.2 Å². The summed E-state index contributed by atoms with van der Waals surface area (Å²) in [4.78, 5) is 6.97. The first kappa shape index (κ1) is 9.01. The van der Waals surface area contributed by atoms with Crippen molar-refractivity contribution in [2.75, 3.05) is 0 Å². The van der Waals surface area contributed by atoms with Crippen LogP contribution in [0.1, 0.15) is 5.56 Å². The summed E-state index contributed by atoms with van der Waals surface area (Å²) in [5.41, 5.74) is 2.65. The number of nitrogens with zero attached hydrogens (tertiary/aromatic N) is 4. The van der Waals surface area contributed by atoms with Gasteiger partial charge in [-0.05, 0) is 24.7 Å². The van der Waals surface area contributed by atoms with Crippen LogP contribution in [0.15, 0.2) is 12.4 Å². The second-order valence-corrected chi connectivity index (χ2v) is 3.41. The average Bonchev–Trinajstić information content (AvgIpc) is 2.56. The van der Waals surface area contributed by atoms with E-state index in [9.17, 15) is 0 Å². The number of hydrogen-bond donors (Lipinski definition) is 1. The molecule has 0 aliphatic carbocycles. The number of aryl methyl sites for hydroxylation is 2. The number of nitrogens with one attached hydrogen (secondary N) is 1. The van der Waals surface area contributed by atoms with Gasteiger partial charge in [-0.2, -0.15) is 0 Å². The highest BCUT2D eigenvalue weighted by Crippen LogP contribution is 2.15. The largest absolute Gasteiger partial charge is 0.329 e. The molecule has 0 spiro atoms. The fraction of sp³-hybridized carbons (Fsp3) is 0.250. The van der Waals surface area contributed by atoms with Crippen LogP contribution in [0.2, 0.25) is 0 Å². The van der Waals surface area contributed by atoms with Gasteiger partial charge in [0.2, 0.25) is 0 Å². The first-order valence-corrected chi connectivity index (χ1v) is 4.50. The Bertz CT molecular complexity index is 512. The van der Waals surface area contributed by atoms with Gasteiger partial charge in [-0.15, -0.1) is 5.10 Å². The normalized spacial score (nSPS) is 10.4. The predicted octanol–water partition coefficient (Wildman–Crippen LogP) is 1.24. The second-order valence-electron chi connectivity index (χ2n) is 3.02. The summed E-state index contributed by atoms with van der Waals surface area (Å²) in [5.74, 6) is 0. The van der Waals surface area contributed by atoms with E-state index in [1.165, 1.54) is 0 Å². The first-order valence-electron chi connectivity index (χ1n) is 4.09. The topological polar surface area (TPSA) is 59.4 Å². The lowest BCUT2D eigenvalue weighted by Crippen LogP contribution is -1.91. The maximum absolute atomic E-state index is 4.94. The molecular formula is C8H9N5S. The van der Waals surface area contributed by atoms with E-state index in [2.05, 4.69) is 20.3 Å². The molecule has 0 aromatic carbocycles. The molecule has 0 saturated carbocycles. The Hall–Kier alpha value is -1.56. The van der Waals surface area contributed by atoms with Crippen LogP contribution in [0.3, 0.4) is 0 Å². The number of rotatable bonds is 1. The molecule has 2 heterocycles. The molecule has 72 valence electrons. The molecule has 0 aliphatic rings. The summed E-state index contributed by atoms with van der Waals surface area (Å²) in [6, 6.07) is 0. The smallest absolute Gasteiger partial charge is 0.197 e. The zero-order chi connectivity index (χ0) is 10.1. The molecule has 0 aliphatic heterocycles. The zero-order valence-electron chi connectivity index (χ0n) is 7.85. The minimum Gasteiger partial charge on any atom is -0.329 e. The van der Waals surface area contributed by atoms with Crippen molar-refractivity contribution in [3.05, 3.63) is 22.7 Å². The first-order chi connectivity index (χ1) is 6.66. The predicted molar refractivity (Wildman–Crippen MR) is 54.2 cm³/mol. The molecular weight excluding hydrogens is 198 g/mol. The van der Waals surface area contributed by atoms with Crippen molar-refractivity contribution in [2.45, 2.75) is 6.92 Å². The highest BCUT2D eigenvalue weighted by Gasteiger charge is 2.05. The van der Waals surface area contributed by atoms with Gasteiger partial charge in [0.25, 0.3) is 0 Å². The molecule has 14 heavy (non-hydrogen) atoms. The van der Waals surface area contributed by atoms with E-state index in [0.29, 0.717) is 4.77 Å². The highest BCUT2D eigenvalue weighted by atomic mass is 32.1. The lowest BCUT2D eigenvalue weighted by molar-refractivity contribution is 0.715. The summed E-state index contributed by atoms with van der Waals surface area (Å²) >= 11 is 4.94. The van der Waals surface area contributed by atoms with E-state index in [1.807, 2.05) is 20.2 Å². The molecule has 0 amide bonds. The van der Waals surface area contributed by atoms with Gasteiger partial charge >= 0.3 is 0 Å². The molecule has 2 rings (SSSR count). The number of aromatic nitrogens is 5. The maximum Gasteiger partial charge on any atom is 0.197 e. The third-order valence-corrected chi connectivity index (χ3v) is 2.07. The molecule has 0 atom stereocenters. The van der Waals surface area contributed by atoms with Crippen LogP contribution in [-0.2, 0) is 7.05 Å². The van der Waals surface area contributed by atoms with E-state index in [1.54, 1.807) is 10.9 Å². The van der Waals surface area contributed by atoms with Crippen molar-refractivity contribution < 1.29 is 0 Å². The number of hydrogen-bond acceptors (Lipinski definition) is 4. The van der Waals surface area contributed by atoms with Gasteiger partial charge in [-0.25, -0.2) is 4.98 Å². The second kappa shape index (κ2) is 3.30. The third kappa shape index (κ3) is 1.56. The molecule has 0 unspecified atom stereocenters. The van der Waals surface area contributed by atoms with E-state index < -0.39 is 0 Å². The Kier molecular flexibility index (Phi) is 2.12. The van der Waals surface area contributed by atoms with Crippen molar-refractivity contribution in [3.8, 4) is 11.4 Å². The van der Waals surface area contributed by atoms with Crippen LogP contribution in [0.25, 0.3) is 11.4 Å². The van der Waals surface area contributed by atoms with Gasteiger partial charge in [0.05, 0.1) is 11.9 Å². The van der Waals surface area contributed by atoms with Crippen LogP contribution in [-0.4, -0.2) is 25.0 Å². The van der Waals surface area contributed by atoms with Crippen LogP contribution in [0, 0.1) is 11.7 Å². The van der Waals surface area contributed by atoms with Crippen molar-refractivity contribution in [1.29, 1.82) is 0 Å². The van der Waals surface area contributed by atoms with Crippen molar-refractivity contribution in [2.24, 2.45) is 7.05 Å². The Balaban J connectivity index is 2.61. The molecule has 6 heteroatoms. The van der Waals surface area contributed by atoms with Crippen LogP contribution in [0.4, 0.5) is 0 Å². The summed E-state index contributed by atoms with van der Waals surface area (Å²) in [7, 11) is 1.82. The van der Waals surface area contributed by atoms with Crippen LogP contribution in [0.5, 0.6) is 0 Å². The SMILES string of the molecule is Cc1cnc(=S)[nH]c1-c1cn(C)nn1. The van der Waals surface area contributed by atoms with E-state index in [0.717, 1.165) is 17.0 Å². The van der Waals surface area contributed by atoms with Crippen molar-refractivity contribution in [3.63, 3.8) is 0 Å². The van der Waals surface area contributed by atoms with Crippen molar-refractivity contribution >= 4 is 12.2 Å². The summed E-state index contributed by atoms with van der Waals surface area (Å²) in [5, 5.41) is 7.85. The minimum atomic E-state index is 0.455. The van der Waals surface area contributed by atoms with Gasteiger partial charge in [0.1, 0.15) is 5.69 Å². The van der Waals surface area contributed by atoms with Crippen molar-refractivity contribution in [1.82, 2.24) is 25.0 Å². The Morgan fingerprint density at radius 2 is 2.29 bits per heavy atom. The quantitative estimate of drug-likeness (QED) is 0.715. The maximum atomic E-state index is 4.94. The lowest BCUT2D eigenvalue weighted by Gasteiger charge is -1.99. The Morgan fingerprint density at radius 3 is 2.93 bits per heavy atom. The lowest BCUT2D eigenvalue weighted by atomic mass is 10.2. The number of H-pyrrole nitrogens is 1. The van der Waals surface area contributed by atoms with E-state index in [-0.39, 0.29) is 0 Å². The molecule has 0 bridgehead atoms. The monoisotopic (exact) mass is 207 g/mol. The molecule has 0 saturated heterocycles. The zero-order valence-corrected chi connectivity index (χ0v) is 8.67. The molecule has 5 nitrogen and oxygen atoms in total. The van der Waals surface area contributed by atoms with Gasteiger partial charge in [-0.1, -0.05) is 5.21 Å². The number of aromatic amines is 1. The molecule has 2 aromatic rings. The van der Waals surface area contributed by atoms with Gasteiger partial charge in [-0.3, -0.25) is 4.68 Å². The highest BCUT2D eigenvalue weighted by molar-refractivity contribution is 7.71. The van der Waals surface area contributed by atoms with Gasteiger partial charge in [0, 0.05) is 13.2 Å². The van der Waals surface area contributed by atoms with Crippen LogP contribution < -0.4 is 0 Å². The Labute approximate surface area is 85.8 Å². The van der Waals surface area contributed by atoms with Gasteiger partial charge in [0.15, 0.2) is 4.77 Å². The fourth-order valence-electron chi connectivity index (χ4n) is 1.19. The summed E-state index contributed by atoms with van der Waals surface area (Å²) in [6.07, 6.45) is 3.55. The molecule has 2 aromatic heterocycles. The van der Waals surface area contributed by atoms with Gasteiger partial charge < -0.3 is 4.98 Å². The minimum absolute atomic E-state index is 0.455. The average molecular weight is 207 g/mol. The standard InChI is InChI=1S/C8H9N5S/c1-5-3-9-8(14)10-7(5)6-4-13(2)12-11-6/h3-4H,1-2H3,(H,9,10,14). The Morgan fingerprint density at radius 1 is 1.50 bits per heavy atom. The molecule has 0 fully saturated rings. The fourth-order valence-corrected chi connectivity index (χ4v) is 1.34. The summed E-state index contributed by atoms with van der Waals surface area (Å²) < 4.78 is 2.10.